The van der Waals surface area contributed by atoms with Crippen molar-refractivity contribution in [1.29, 1.82) is 0 Å². The number of carbonyl (C=O) groups excluding carboxylic acids is 2. The van der Waals surface area contributed by atoms with Gasteiger partial charge in [0.05, 0.1) is 7.11 Å². The third kappa shape index (κ3) is 1.31. The second kappa shape index (κ2) is 3.81. The van der Waals surface area contributed by atoms with Crippen molar-refractivity contribution in [3.63, 3.8) is 0 Å². The van der Waals surface area contributed by atoms with Gasteiger partial charge in [-0.3, -0.25) is 9.59 Å². The summed E-state index contributed by atoms with van der Waals surface area (Å²) >= 11 is 0. The van der Waals surface area contributed by atoms with Gasteiger partial charge in [0.1, 0.15) is 12.0 Å². The number of ketones is 1. The molecule has 2 aromatic carbocycles. The number of aldehydes is 1. The molecule has 0 amide bonds. The lowest BCUT2D eigenvalue weighted by Gasteiger charge is -2.06. The summed E-state index contributed by atoms with van der Waals surface area (Å²) in [5, 5.41) is 0. The fraction of sp³-hybridized carbons (Fsp3) is 0.0667. The molecule has 0 N–H and O–H groups in total. The Labute approximate surface area is 104 Å². The molecule has 0 saturated heterocycles. The first kappa shape index (κ1) is 10.7. The minimum absolute atomic E-state index is 0.0531. The summed E-state index contributed by atoms with van der Waals surface area (Å²) in [6, 6.07) is 10.5. The molecule has 0 atom stereocenters. The van der Waals surface area contributed by atoms with Crippen molar-refractivity contribution < 1.29 is 14.3 Å². The molecule has 1 aliphatic rings. The van der Waals surface area contributed by atoms with E-state index in [1.165, 1.54) is 0 Å². The van der Waals surface area contributed by atoms with Gasteiger partial charge in [0.15, 0.2) is 5.78 Å². The van der Waals surface area contributed by atoms with Gasteiger partial charge in [0, 0.05) is 22.3 Å². The van der Waals surface area contributed by atoms with E-state index in [9.17, 15) is 9.59 Å². The average Bonchev–Trinajstić information content (AvgIpc) is 2.72. The molecule has 0 fully saturated rings. The smallest absolute Gasteiger partial charge is 0.194 e. The number of ether oxygens (including phenoxy) is 1. The number of benzene rings is 2. The number of rotatable bonds is 2. The Bertz CT molecular complexity index is 671. The Balaban J connectivity index is 2.33. The van der Waals surface area contributed by atoms with Crippen LogP contribution in [0, 0.1) is 0 Å². The van der Waals surface area contributed by atoms with Crippen molar-refractivity contribution in [2.45, 2.75) is 0 Å². The zero-order valence-corrected chi connectivity index (χ0v) is 9.77. The molecule has 1 aliphatic carbocycles. The predicted octanol–water partition coefficient (Wildman–Crippen LogP) is 2.72. The Morgan fingerprint density at radius 3 is 2.61 bits per heavy atom. The molecule has 18 heavy (non-hydrogen) atoms. The van der Waals surface area contributed by atoms with Crippen LogP contribution in [-0.2, 0) is 0 Å². The minimum atomic E-state index is -0.0531. The molecule has 3 heteroatoms. The number of hydrogen-bond donors (Lipinski definition) is 0. The molecule has 0 spiro atoms. The predicted molar refractivity (Wildman–Crippen MR) is 67.3 cm³/mol. The Kier molecular flexibility index (Phi) is 2.27. The minimum Gasteiger partial charge on any atom is -0.496 e. The van der Waals surface area contributed by atoms with Gasteiger partial charge in [-0.25, -0.2) is 0 Å². The van der Waals surface area contributed by atoms with E-state index in [4.69, 9.17) is 4.74 Å². The number of fused-ring (bicyclic) bond motifs is 3. The maximum absolute atomic E-state index is 12.3. The van der Waals surface area contributed by atoms with Gasteiger partial charge in [-0.05, 0) is 17.7 Å². The van der Waals surface area contributed by atoms with Gasteiger partial charge in [0.25, 0.3) is 0 Å². The molecule has 88 valence electrons. The molecule has 3 rings (SSSR count). The fourth-order valence-corrected chi connectivity index (χ4v) is 2.35. The summed E-state index contributed by atoms with van der Waals surface area (Å²) in [5.41, 5.74) is 3.36. The molecule has 0 bridgehead atoms. The maximum atomic E-state index is 12.3. The van der Waals surface area contributed by atoms with E-state index in [1.807, 2.05) is 6.07 Å². The molecule has 0 aromatic heterocycles. The second-order valence-electron chi connectivity index (χ2n) is 4.13. The average molecular weight is 238 g/mol. The topological polar surface area (TPSA) is 43.4 Å². The molecule has 0 aliphatic heterocycles. The highest BCUT2D eigenvalue weighted by Crippen LogP contribution is 2.42. The molecular formula is C15H10O3. The lowest BCUT2D eigenvalue weighted by atomic mass is 10.0. The third-order valence-corrected chi connectivity index (χ3v) is 3.18. The number of hydrogen-bond acceptors (Lipinski definition) is 3. The Morgan fingerprint density at radius 1 is 1.06 bits per heavy atom. The van der Waals surface area contributed by atoms with Crippen LogP contribution in [0.1, 0.15) is 26.3 Å². The van der Waals surface area contributed by atoms with E-state index >= 15 is 0 Å². The van der Waals surface area contributed by atoms with Gasteiger partial charge in [-0.2, -0.15) is 0 Å². The van der Waals surface area contributed by atoms with Crippen LogP contribution in [0.15, 0.2) is 36.4 Å². The van der Waals surface area contributed by atoms with Crippen molar-refractivity contribution in [2.24, 2.45) is 0 Å². The first-order chi connectivity index (χ1) is 8.76. The van der Waals surface area contributed by atoms with E-state index in [0.29, 0.717) is 22.4 Å². The number of carbonyl (C=O) groups is 2. The van der Waals surface area contributed by atoms with E-state index in [1.54, 1.807) is 37.4 Å². The molecule has 3 nitrogen and oxygen atoms in total. The summed E-state index contributed by atoms with van der Waals surface area (Å²) in [5.74, 6) is 0.626. The highest BCUT2D eigenvalue weighted by atomic mass is 16.5. The Hall–Kier alpha value is -2.42. The summed E-state index contributed by atoms with van der Waals surface area (Å²) in [7, 11) is 1.58. The van der Waals surface area contributed by atoms with E-state index < -0.39 is 0 Å². The van der Waals surface area contributed by atoms with Crippen LogP contribution in [0.4, 0.5) is 0 Å². The lowest BCUT2D eigenvalue weighted by molar-refractivity contribution is 0.104. The van der Waals surface area contributed by atoms with E-state index in [2.05, 4.69) is 0 Å². The first-order valence-electron chi connectivity index (χ1n) is 5.57. The summed E-state index contributed by atoms with van der Waals surface area (Å²) < 4.78 is 5.30. The highest BCUT2D eigenvalue weighted by Gasteiger charge is 2.29. The highest BCUT2D eigenvalue weighted by molar-refractivity contribution is 6.23. The maximum Gasteiger partial charge on any atom is 0.194 e. The second-order valence-corrected chi connectivity index (χ2v) is 4.13. The SMILES string of the molecule is COc1cccc2c1-c1ccc(C=O)cc1C2=O. The van der Waals surface area contributed by atoms with Crippen LogP contribution in [0.25, 0.3) is 11.1 Å². The monoisotopic (exact) mass is 238 g/mol. The lowest BCUT2D eigenvalue weighted by Crippen LogP contribution is -1.96. The van der Waals surface area contributed by atoms with Crippen molar-refractivity contribution >= 4 is 12.1 Å². The molecule has 2 aromatic rings. The van der Waals surface area contributed by atoms with Crippen LogP contribution in [0.2, 0.25) is 0 Å². The van der Waals surface area contributed by atoms with Crippen LogP contribution in [-0.4, -0.2) is 19.2 Å². The van der Waals surface area contributed by atoms with E-state index in [0.717, 1.165) is 17.4 Å². The molecule has 0 radical (unpaired) electrons. The van der Waals surface area contributed by atoms with Gasteiger partial charge in [0.2, 0.25) is 0 Å². The van der Waals surface area contributed by atoms with Crippen molar-refractivity contribution in [2.75, 3.05) is 7.11 Å². The quantitative estimate of drug-likeness (QED) is 0.645. The van der Waals surface area contributed by atoms with Crippen LogP contribution in [0.5, 0.6) is 5.75 Å². The van der Waals surface area contributed by atoms with Crippen molar-refractivity contribution in [3.05, 3.63) is 53.1 Å². The normalized spacial score (nSPS) is 11.9. The van der Waals surface area contributed by atoms with E-state index in [-0.39, 0.29) is 5.78 Å². The third-order valence-electron chi connectivity index (χ3n) is 3.18. The number of methoxy groups -OCH3 is 1. The largest absolute Gasteiger partial charge is 0.496 e. The van der Waals surface area contributed by atoms with Gasteiger partial charge in [-0.1, -0.05) is 24.3 Å². The molecule has 0 saturated carbocycles. The van der Waals surface area contributed by atoms with Crippen molar-refractivity contribution in [3.8, 4) is 16.9 Å². The van der Waals surface area contributed by atoms with Crippen LogP contribution >= 0.6 is 0 Å². The molecule has 0 unspecified atom stereocenters. The Morgan fingerprint density at radius 2 is 1.89 bits per heavy atom. The van der Waals surface area contributed by atoms with Crippen molar-refractivity contribution in [1.82, 2.24) is 0 Å². The summed E-state index contributed by atoms with van der Waals surface area (Å²) in [6.45, 7) is 0. The zero-order valence-electron chi connectivity index (χ0n) is 9.77. The van der Waals surface area contributed by atoms with Gasteiger partial charge in [-0.15, -0.1) is 0 Å². The molecular weight excluding hydrogens is 228 g/mol. The standard InChI is InChI=1S/C15H10O3/c1-18-13-4-2-3-11-14(13)10-6-5-9(8-16)7-12(10)15(11)17/h2-8H,1H3. The summed E-state index contributed by atoms with van der Waals surface area (Å²) in [4.78, 5) is 23.0. The molecule has 0 heterocycles. The zero-order chi connectivity index (χ0) is 12.7. The summed E-state index contributed by atoms with van der Waals surface area (Å²) in [6.07, 6.45) is 0.744. The van der Waals surface area contributed by atoms with Gasteiger partial charge < -0.3 is 4.74 Å². The van der Waals surface area contributed by atoms with Crippen LogP contribution in [0.3, 0.4) is 0 Å². The first-order valence-corrected chi connectivity index (χ1v) is 5.57. The van der Waals surface area contributed by atoms with Crippen LogP contribution < -0.4 is 4.74 Å². The van der Waals surface area contributed by atoms with Gasteiger partial charge >= 0.3 is 0 Å². The fourth-order valence-electron chi connectivity index (χ4n) is 2.35.